The first-order valence-corrected chi connectivity index (χ1v) is 13.5. The van der Waals surface area contributed by atoms with Crippen LogP contribution in [0.4, 0.5) is 11.4 Å². The Balaban J connectivity index is 1.47. The standard InChI is InChI=1S/C37H32N2/c1-25-13-17-27(18-14-25)35-31-9-5-7-11-33(31)39-36(32-10-6-8-12-34(32)38-35)28-19-23-30(24-20-28)37(3,4)29-21-15-26(2)16-22-29/h5-24H,1-4H3. The number of aliphatic imine (C=N–C) groups is 2. The Morgan fingerprint density at radius 3 is 1.26 bits per heavy atom. The molecule has 1 heterocycles. The van der Waals surface area contributed by atoms with Gasteiger partial charge >= 0.3 is 0 Å². The Bertz CT molecular complexity index is 1700. The van der Waals surface area contributed by atoms with E-state index in [0.717, 1.165) is 45.1 Å². The van der Waals surface area contributed by atoms with Gasteiger partial charge in [0, 0.05) is 27.7 Å². The van der Waals surface area contributed by atoms with Gasteiger partial charge in [0.2, 0.25) is 0 Å². The highest BCUT2D eigenvalue weighted by molar-refractivity contribution is 6.22. The highest BCUT2D eigenvalue weighted by Gasteiger charge is 2.24. The Morgan fingerprint density at radius 1 is 0.436 bits per heavy atom. The van der Waals surface area contributed by atoms with Crippen LogP contribution < -0.4 is 0 Å². The Morgan fingerprint density at radius 2 is 0.795 bits per heavy atom. The minimum atomic E-state index is -0.104. The van der Waals surface area contributed by atoms with Crippen molar-refractivity contribution >= 4 is 22.8 Å². The smallest absolute Gasteiger partial charge is 0.0803 e. The van der Waals surface area contributed by atoms with Crippen LogP contribution in [0.15, 0.2) is 131 Å². The number of rotatable bonds is 4. The molecule has 0 radical (unpaired) electrons. The third kappa shape index (κ3) is 4.75. The van der Waals surface area contributed by atoms with Gasteiger partial charge in [-0.1, -0.05) is 134 Å². The summed E-state index contributed by atoms with van der Waals surface area (Å²) in [6.07, 6.45) is 0. The second kappa shape index (κ2) is 9.96. The van der Waals surface area contributed by atoms with Crippen LogP contribution in [-0.4, -0.2) is 11.4 Å². The molecule has 0 aromatic heterocycles. The molecule has 39 heavy (non-hydrogen) atoms. The quantitative estimate of drug-likeness (QED) is 0.228. The second-order valence-corrected chi connectivity index (χ2v) is 10.9. The molecule has 0 fully saturated rings. The first kappa shape index (κ1) is 24.8. The molecule has 0 saturated carbocycles. The maximum absolute atomic E-state index is 5.30. The molecular formula is C37H32N2. The van der Waals surface area contributed by atoms with Crippen molar-refractivity contribution in [3.8, 4) is 0 Å². The molecular weight excluding hydrogens is 472 g/mol. The maximum Gasteiger partial charge on any atom is 0.0803 e. The van der Waals surface area contributed by atoms with Crippen molar-refractivity contribution in [3.05, 3.63) is 166 Å². The molecule has 5 aromatic carbocycles. The van der Waals surface area contributed by atoms with Gasteiger partial charge in [-0.3, -0.25) is 0 Å². The molecule has 190 valence electrons. The van der Waals surface area contributed by atoms with Gasteiger partial charge in [-0.05, 0) is 37.1 Å². The molecule has 5 aromatic rings. The van der Waals surface area contributed by atoms with Crippen LogP contribution in [0.3, 0.4) is 0 Å². The number of benzene rings is 5. The second-order valence-electron chi connectivity index (χ2n) is 10.9. The number of nitrogens with zero attached hydrogens (tertiary/aromatic N) is 2. The zero-order chi connectivity index (χ0) is 27.0. The fourth-order valence-electron chi connectivity index (χ4n) is 5.24. The van der Waals surface area contributed by atoms with Crippen molar-refractivity contribution in [1.29, 1.82) is 0 Å². The van der Waals surface area contributed by atoms with E-state index in [2.05, 4.69) is 137 Å². The summed E-state index contributed by atoms with van der Waals surface area (Å²) in [5.41, 5.74) is 12.9. The average molecular weight is 505 g/mol. The molecule has 0 spiro atoms. The molecule has 2 nitrogen and oxygen atoms in total. The van der Waals surface area contributed by atoms with E-state index in [1.165, 1.54) is 22.3 Å². The number of fused-ring (bicyclic) bond motifs is 2. The summed E-state index contributed by atoms with van der Waals surface area (Å²) in [5.74, 6) is 0. The van der Waals surface area contributed by atoms with E-state index in [1.54, 1.807) is 0 Å². The largest absolute Gasteiger partial charge is 0.247 e. The van der Waals surface area contributed by atoms with Gasteiger partial charge in [-0.15, -0.1) is 0 Å². The topological polar surface area (TPSA) is 24.7 Å². The Kier molecular flexibility index (Phi) is 6.32. The monoisotopic (exact) mass is 504 g/mol. The zero-order valence-corrected chi connectivity index (χ0v) is 22.9. The van der Waals surface area contributed by atoms with Crippen LogP contribution in [0.5, 0.6) is 0 Å². The van der Waals surface area contributed by atoms with Crippen LogP contribution in [0.2, 0.25) is 0 Å². The summed E-state index contributed by atoms with van der Waals surface area (Å²) < 4.78 is 0. The Labute approximate surface area is 231 Å². The van der Waals surface area contributed by atoms with Crippen molar-refractivity contribution in [3.63, 3.8) is 0 Å². The highest BCUT2D eigenvalue weighted by Crippen LogP contribution is 2.35. The molecule has 0 bridgehead atoms. The summed E-state index contributed by atoms with van der Waals surface area (Å²) in [6.45, 7) is 8.81. The van der Waals surface area contributed by atoms with E-state index in [0.29, 0.717) is 0 Å². The third-order valence-electron chi connectivity index (χ3n) is 7.76. The molecule has 0 unspecified atom stereocenters. The van der Waals surface area contributed by atoms with E-state index in [-0.39, 0.29) is 5.41 Å². The van der Waals surface area contributed by atoms with Crippen LogP contribution in [0.1, 0.15) is 58.4 Å². The SMILES string of the molecule is Cc1ccc(C2=Nc3ccccc3C(c3ccc(C(C)(C)c4ccc(C)cc4)cc3)=Nc3ccccc32)cc1. The van der Waals surface area contributed by atoms with E-state index in [4.69, 9.17) is 9.98 Å². The lowest BCUT2D eigenvalue weighted by Crippen LogP contribution is -2.19. The lowest BCUT2D eigenvalue weighted by atomic mass is 9.77. The summed E-state index contributed by atoms with van der Waals surface area (Å²) in [5, 5.41) is 0. The van der Waals surface area contributed by atoms with Crippen LogP contribution in [0.25, 0.3) is 0 Å². The fraction of sp³-hybridized carbons (Fsp3) is 0.135. The minimum absolute atomic E-state index is 0.104. The first-order chi connectivity index (χ1) is 18.9. The molecule has 0 atom stereocenters. The molecule has 2 heteroatoms. The van der Waals surface area contributed by atoms with Gasteiger partial charge in [0.25, 0.3) is 0 Å². The summed E-state index contributed by atoms with van der Waals surface area (Å²) >= 11 is 0. The van der Waals surface area contributed by atoms with Gasteiger partial charge < -0.3 is 0 Å². The van der Waals surface area contributed by atoms with Gasteiger partial charge in [0.05, 0.1) is 22.8 Å². The highest BCUT2D eigenvalue weighted by atomic mass is 14.8. The molecule has 1 aliphatic heterocycles. The van der Waals surface area contributed by atoms with Gasteiger partial charge in [-0.2, -0.15) is 0 Å². The third-order valence-corrected chi connectivity index (χ3v) is 7.76. The van der Waals surface area contributed by atoms with E-state index >= 15 is 0 Å². The van der Waals surface area contributed by atoms with Crippen molar-refractivity contribution in [2.75, 3.05) is 0 Å². The summed E-state index contributed by atoms with van der Waals surface area (Å²) in [7, 11) is 0. The van der Waals surface area contributed by atoms with Gasteiger partial charge in [-0.25, -0.2) is 9.98 Å². The lowest BCUT2D eigenvalue weighted by molar-refractivity contribution is 0.640. The van der Waals surface area contributed by atoms with Gasteiger partial charge in [0.15, 0.2) is 0 Å². The van der Waals surface area contributed by atoms with E-state index in [1.807, 2.05) is 12.1 Å². The zero-order valence-electron chi connectivity index (χ0n) is 22.9. The average Bonchev–Trinajstić information content (AvgIpc) is 2.95. The van der Waals surface area contributed by atoms with E-state index in [9.17, 15) is 0 Å². The van der Waals surface area contributed by atoms with Crippen molar-refractivity contribution in [2.24, 2.45) is 9.98 Å². The molecule has 0 N–H and O–H groups in total. The first-order valence-electron chi connectivity index (χ1n) is 13.5. The predicted molar refractivity (Wildman–Crippen MR) is 164 cm³/mol. The normalized spacial score (nSPS) is 12.9. The minimum Gasteiger partial charge on any atom is -0.247 e. The van der Waals surface area contributed by atoms with Crippen LogP contribution in [-0.2, 0) is 5.41 Å². The number of hydrogen-bond acceptors (Lipinski definition) is 2. The number of aryl methyl sites for hydroxylation is 2. The summed E-state index contributed by atoms with van der Waals surface area (Å²) in [6, 6.07) is 43.0. The van der Waals surface area contributed by atoms with Crippen molar-refractivity contribution in [2.45, 2.75) is 33.1 Å². The van der Waals surface area contributed by atoms with E-state index < -0.39 is 0 Å². The van der Waals surface area contributed by atoms with Crippen molar-refractivity contribution < 1.29 is 0 Å². The molecule has 0 saturated heterocycles. The van der Waals surface area contributed by atoms with Crippen LogP contribution >= 0.6 is 0 Å². The summed E-state index contributed by atoms with van der Waals surface area (Å²) in [4.78, 5) is 10.6. The number of para-hydroxylation sites is 2. The lowest BCUT2D eigenvalue weighted by Gasteiger charge is -2.26. The molecule has 0 aliphatic carbocycles. The van der Waals surface area contributed by atoms with Gasteiger partial charge in [0.1, 0.15) is 0 Å². The molecule has 6 rings (SSSR count). The Hall–Kier alpha value is -4.56. The van der Waals surface area contributed by atoms with Crippen LogP contribution in [0, 0.1) is 13.8 Å². The fourth-order valence-corrected chi connectivity index (χ4v) is 5.24. The van der Waals surface area contributed by atoms with Crippen molar-refractivity contribution in [1.82, 2.24) is 0 Å². The molecule has 1 aliphatic rings. The number of hydrogen-bond donors (Lipinski definition) is 0. The molecule has 0 amide bonds. The predicted octanol–water partition coefficient (Wildman–Crippen LogP) is 9.28. The maximum atomic E-state index is 5.30.